The van der Waals surface area contributed by atoms with E-state index in [1.807, 2.05) is 30.3 Å². The zero-order valence-corrected chi connectivity index (χ0v) is 10.9. The Kier molecular flexibility index (Phi) is 4.60. The molecular formula is C14H14ClNO3. The van der Waals surface area contributed by atoms with Gasteiger partial charge in [0.25, 0.3) is 5.56 Å². The molecule has 1 aromatic carbocycles. The summed E-state index contributed by atoms with van der Waals surface area (Å²) in [5.41, 5.74) is 1.31. The van der Waals surface area contributed by atoms with Crippen LogP contribution in [0.15, 0.2) is 47.3 Å². The molecule has 19 heavy (non-hydrogen) atoms. The van der Waals surface area contributed by atoms with Crippen LogP contribution in [0.2, 0.25) is 0 Å². The third kappa shape index (κ3) is 3.84. The van der Waals surface area contributed by atoms with E-state index >= 15 is 0 Å². The van der Waals surface area contributed by atoms with Crippen LogP contribution in [0.1, 0.15) is 0 Å². The van der Waals surface area contributed by atoms with Crippen molar-refractivity contribution in [2.45, 2.75) is 6.10 Å². The summed E-state index contributed by atoms with van der Waals surface area (Å²) in [7, 11) is 0. The van der Waals surface area contributed by atoms with Crippen molar-refractivity contribution in [3.05, 3.63) is 52.8 Å². The van der Waals surface area contributed by atoms with Gasteiger partial charge in [-0.15, -0.1) is 11.6 Å². The van der Waals surface area contributed by atoms with Crippen molar-refractivity contribution in [2.24, 2.45) is 0 Å². The van der Waals surface area contributed by atoms with E-state index < -0.39 is 6.10 Å². The first-order valence-electron chi connectivity index (χ1n) is 5.85. The fourth-order valence-electron chi connectivity index (χ4n) is 1.61. The SMILES string of the molecule is O=c1cc(OCC(O)CCl)cc(-c2ccccc2)[nH]1. The van der Waals surface area contributed by atoms with Gasteiger partial charge in [-0.05, 0) is 5.56 Å². The lowest BCUT2D eigenvalue weighted by atomic mass is 10.1. The fraction of sp³-hybridized carbons (Fsp3) is 0.214. The summed E-state index contributed by atoms with van der Waals surface area (Å²) in [5, 5.41) is 9.33. The third-order valence-electron chi connectivity index (χ3n) is 2.52. The molecule has 0 fully saturated rings. The first kappa shape index (κ1) is 13.6. The second-order valence-electron chi connectivity index (χ2n) is 4.08. The highest BCUT2D eigenvalue weighted by molar-refractivity contribution is 6.18. The molecule has 0 saturated heterocycles. The number of aromatic nitrogens is 1. The molecule has 0 aliphatic heterocycles. The number of aliphatic hydroxyl groups excluding tert-OH is 1. The molecule has 100 valence electrons. The Labute approximate surface area is 115 Å². The highest BCUT2D eigenvalue weighted by atomic mass is 35.5. The first-order valence-corrected chi connectivity index (χ1v) is 6.39. The summed E-state index contributed by atoms with van der Waals surface area (Å²) >= 11 is 5.48. The number of halogens is 1. The van der Waals surface area contributed by atoms with Crippen molar-refractivity contribution in [3.8, 4) is 17.0 Å². The molecule has 2 aromatic rings. The monoisotopic (exact) mass is 279 g/mol. The van der Waals surface area contributed by atoms with Gasteiger partial charge in [0.2, 0.25) is 0 Å². The molecule has 0 spiro atoms. The fourth-order valence-corrected chi connectivity index (χ4v) is 1.70. The van der Waals surface area contributed by atoms with Crippen LogP contribution < -0.4 is 10.3 Å². The van der Waals surface area contributed by atoms with Crippen molar-refractivity contribution in [2.75, 3.05) is 12.5 Å². The molecule has 4 nitrogen and oxygen atoms in total. The number of nitrogens with one attached hydrogen (secondary N) is 1. The molecular weight excluding hydrogens is 266 g/mol. The van der Waals surface area contributed by atoms with Crippen LogP contribution in [0.3, 0.4) is 0 Å². The third-order valence-corrected chi connectivity index (χ3v) is 2.88. The van der Waals surface area contributed by atoms with E-state index in [9.17, 15) is 9.90 Å². The predicted octanol–water partition coefficient (Wildman–Crippen LogP) is 2.02. The van der Waals surface area contributed by atoms with Crippen molar-refractivity contribution in [3.63, 3.8) is 0 Å². The molecule has 0 bridgehead atoms. The zero-order valence-electron chi connectivity index (χ0n) is 10.2. The number of rotatable bonds is 5. The number of ether oxygens (including phenoxy) is 1. The Balaban J connectivity index is 2.23. The summed E-state index contributed by atoms with van der Waals surface area (Å²) < 4.78 is 5.35. The van der Waals surface area contributed by atoms with E-state index in [0.717, 1.165) is 5.56 Å². The van der Waals surface area contributed by atoms with Crippen molar-refractivity contribution in [1.29, 1.82) is 0 Å². The van der Waals surface area contributed by atoms with Gasteiger partial charge < -0.3 is 14.8 Å². The van der Waals surface area contributed by atoms with E-state index in [2.05, 4.69) is 4.98 Å². The summed E-state index contributed by atoms with van der Waals surface area (Å²) in [5.74, 6) is 0.501. The quantitative estimate of drug-likeness (QED) is 0.823. The van der Waals surface area contributed by atoms with E-state index in [1.54, 1.807) is 6.07 Å². The molecule has 0 amide bonds. The Morgan fingerprint density at radius 3 is 2.68 bits per heavy atom. The first-order chi connectivity index (χ1) is 9.19. The van der Waals surface area contributed by atoms with Crippen LogP contribution in [-0.2, 0) is 0 Å². The van der Waals surface area contributed by atoms with Crippen LogP contribution in [0.4, 0.5) is 0 Å². The maximum atomic E-state index is 11.6. The van der Waals surface area contributed by atoms with Crippen molar-refractivity contribution < 1.29 is 9.84 Å². The van der Waals surface area contributed by atoms with Crippen LogP contribution >= 0.6 is 11.6 Å². The average molecular weight is 280 g/mol. The highest BCUT2D eigenvalue weighted by Gasteiger charge is 2.06. The Morgan fingerprint density at radius 1 is 1.26 bits per heavy atom. The Bertz CT molecular complexity index is 583. The highest BCUT2D eigenvalue weighted by Crippen LogP contribution is 2.19. The number of hydrogen-bond donors (Lipinski definition) is 2. The van der Waals surface area contributed by atoms with E-state index in [4.69, 9.17) is 16.3 Å². The number of aliphatic hydroxyl groups is 1. The number of H-pyrrole nitrogens is 1. The second-order valence-corrected chi connectivity index (χ2v) is 4.39. The molecule has 0 aliphatic carbocycles. The van der Waals surface area contributed by atoms with Crippen LogP contribution in [0.25, 0.3) is 11.3 Å². The number of pyridine rings is 1. The molecule has 1 heterocycles. The minimum Gasteiger partial charge on any atom is -0.491 e. The lowest BCUT2D eigenvalue weighted by Gasteiger charge is -2.10. The summed E-state index contributed by atoms with van der Waals surface area (Å²) in [6, 6.07) is 12.5. The van der Waals surface area contributed by atoms with E-state index in [0.29, 0.717) is 11.4 Å². The topological polar surface area (TPSA) is 62.3 Å². The van der Waals surface area contributed by atoms with E-state index in [-0.39, 0.29) is 18.0 Å². The Hall–Kier alpha value is -1.78. The molecule has 1 aromatic heterocycles. The van der Waals surface area contributed by atoms with E-state index in [1.165, 1.54) is 6.07 Å². The molecule has 0 aliphatic rings. The second kappa shape index (κ2) is 6.41. The minimum atomic E-state index is -0.749. The van der Waals surface area contributed by atoms with Gasteiger partial charge in [-0.1, -0.05) is 30.3 Å². The van der Waals surface area contributed by atoms with Crippen LogP contribution in [0, 0.1) is 0 Å². The number of hydrogen-bond acceptors (Lipinski definition) is 3. The standard InChI is InChI=1S/C14H14ClNO3/c15-8-11(17)9-19-12-6-13(16-14(18)7-12)10-4-2-1-3-5-10/h1-7,11,17H,8-9H2,(H,16,18). The van der Waals surface area contributed by atoms with Gasteiger partial charge >= 0.3 is 0 Å². The van der Waals surface area contributed by atoms with Gasteiger partial charge in [-0.25, -0.2) is 0 Å². The molecule has 0 radical (unpaired) electrons. The maximum absolute atomic E-state index is 11.6. The lowest BCUT2D eigenvalue weighted by molar-refractivity contribution is 0.125. The summed E-state index contributed by atoms with van der Waals surface area (Å²) in [6.07, 6.45) is -0.749. The molecule has 5 heteroatoms. The van der Waals surface area contributed by atoms with Crippen LogP contribution in [-0.4, -0.2) is 28.7 Å². The van der Waals surface area contributed by atoms with Crippen molar-refractivity contribution in [1.82, 2.24) is 4.98 Å². The molecule has 1 unspecified atom stereocenters. The molecule has 0 saturated carbocycles. The van der Waals surface area contributed by atoms with Gasteiger partial charge in [0.05, 0.1) is 11.6 Å². The molecule has 1 atom stereocenters. The normalized spacial score (nSPS) is 12.1. The van der Waals surface area contributed by atoms with Crippen molar-refractivity contribution >= 4 is 11.6 Å². The number of benzene rings is 1. The lowest BCUT2D eigenvalue weighted by Crippen LogP contribution is -2.19. The van der Waals surface area contributed by atoms with Gasteiger partial charge in [0.15, 0.2) is 0 Å². The number of aromatic amines is 1. The summed E-state index contributed by atoms with van der Waals surface area (Å²) in [6.45, 7) is 0.0567. The van der Waals surface area contributed by atoms with Gasteiger partial charge in [-0.3, -0.25) is 4.79 Å². The Morgan fingerprint density at radius 2 is 2.00 bits per heavy atom. The zero-order chi connectivity index (χ0) is 13.7. The average Bonchev–Trinajstić information content (AvgIpc) is 2.45. The smallest absolute Gasteiger partial charge is 0.252 e. The summed E-state index contributed by atoms with van der Waals surface area (Å²) in [4.78, 5) is 14.3. The van der Waals surface area contributed by atoms with Crippen LogP contribution in [0.5, 0.6) is 5.75 Å². The van der Waals surface area contributed by atoms with Gasteiger partial charge in [-0.2, -0.15) is 0 Å². The largest absolute Gasteiger partial charge is 0.491 e. The number of alkyl halides is 1. The predicted molar refractivity (Wildman–Crippen MR) is 74.7 cm³/mol. The minimum absolute atomic E-state index is 0.0567. The van der Waals surface area contributed by atoms with Gasteiger partial charge in [0, 0.05) is 12.1 Å². The van der Waals surface area contributed by atoms with Gasteiger partial charge in [0.1, 0.15) is 18.5 Å². The maximum Gasteiger partial charge on any atom is 0.252 e. The molecule has 2 rings (SSSR count). The molecule has 2 N–H and O–H groups in total.